The largest absolute Gasteiger partial charge is 0.463 e. The lowest BCUT2D eigenvalue weighted by Gasteiger charge is -2.49. The molecule has 1 saturated carbocycles. The number of hydrogen-bond donors (Lipinski definition) is 2. The molecule has 2 aliphatic carbocycles. The zero-order chi connectivity index (χ0) is 27.8. The van der Waals surface area contributed by atoms with Gasteiger partial charge in [0.25, 0.3) is 0 Å². The summed E-state index contributed by atoms with van der Waals surface area (Å²) in [5, 5.41) is 14.0. The molecule has 8 rings (SSSR count). The van der Waals surface area contributed by atoms with Crippen LogP contribution in [0, 0.1) is 22.6 Å². The fraction of sp³-hybridized carbons (Fsp3) is 0.690. The zero-order valence-corrected chi connectivity index (χ0v) is 24.1. The van der Waals surface area contributed by atoms with Gasteiger partial charge in [-0.2, -0.15) is 19.6 Å². The first-order chi connectivity index (χ1) is 19.9. The van der Waals surface area contributed by atoms with Gasteiger partial charge < -0.3 is 30.3 Å². The number of nitrogens with zero attached hydrogens (tertiary/aromatic N) is 6. The molecule has 4 saturated heterocycles. The van der Waals surface area contributed by atoms with E-state index in [0.717, 1.165) is 90.0 Å². The van der Waals surface area contributed by atoms with Crippen molar-refractivity contribution in [3.05, 3.63) is 21.8 Å². The van der Waals surface area contributed by atoms with E-state index in [9.17, 15) is 5.26 Å². The smallest absolute Gasteiger partial charge is 0.320 e. The summed E-state index contributed by atoms with van der Waals surface area (Å²) in [5.41, 5.74) is 7.82. The minimum Gasteiger partial charge on any atom is -0.463 e. The number of morpholine rings is 1. The summed E-state index contributed by atoms with van der Waals surface area (Å²) in [6.07, 6.45) is 6.32. The molecule has 4 aliphatic heterocycles. The van der Waals surface area contributed by atoms with Gasteiger partial charge in [-0.15, -0.1) is 11.3 Å². The minimum atomic E-state index is -0.369. The van der Waals surface area contributed by atoms with Gasteiger partial charge >= 0.3 is 6.01 Å². The Morgan fingerprint density at radius 2 is 1.80 bits per heavy atom. The Kier molecular flexibility index (Phi) is 6.11. The summed E-state index contributed by atoms with van der Waals surface area (Å²) in [6, 6.07) is 3.31. The topological polar surface area (TPSA) is 116 Å². The summed E-state index contributed by atoms with van der Waals surface area (Å²) < 4.78 is 28.2. The number of anilines is 3. The molecule has 0 radical (unpaired) electrons. The van der Waals surface area contributed by atoms with E-state index in [0.29, 0.717) is 54.0 Å². The Hall–Kier alpha value is -2.72. The fourth-order valence-electron chi connectivity index (χ4n) is 7.81. The second-order valence-corrected chi connectivity index (χ2v) is 14.2. The van der Waals surface area contributed by atoms with Crippen molar-refractivity contribution in [2.45, 2.75) is 56.0 Å². The molecule has 41 heavy (non-hydrogen) atoms. The number of nitriles is 1. The van der Waals surface area contributed by atoms with Crippen molar-refractivity contribution < 1.29 is 13.9 Å². The quantitative estimate of drug-likeness (QED) is 0.505. The Morgan fingerprint density at radius 1 is 1.10 bits per heavy atom. The second-order valence-electron chi connectivity index (χ2n) is 13.1. The van der Waals surface area contributed by atoms with E-state index in [1.54, 1.807) is 0 Å². The van der Waals surface area contributed by atoms with E-state index in [4.69, 9.17) is 25.2 Å². The number of halogens is 1. The Bertz CT molecular complexity index is 1380. The van der Waals surface area contributed by atoms with Crippen LogP contribution < -0.4 is 25.6 Å². The lowest BCUT2D eigenvalue weighted by atomic mass is 9.74. The highest BCUT2D eigenvalue weighted by molar-refractivity contribution is 7.16. The van der Waals surface area contributed by atoms with Gasteiger partial charge in [0.1, 0.15) is 11.1 Å². The van der Waals surface area contributed by atoms with Crippen LogP contribution in [-0.4, -0.2) is 92.6 Å². The maximum absolute atomic E-state index is 16.3. The second kappa shape index (κ2) is 9.66. The van der Waals surface area contributed by atoms with Gasteiger partial charge in [-0.3, -0.25) is 4.90 Å². The van der Waals surface area contributed by atoms with Crippen molar-refractivity contribution in [2.75, 3.05) is 81.2 Å². The molecule has 218 valence electrons. The summed E-state index contributed by atoms with van der Waals surface area (Å²) in [7, 11) is 0. The van der Waals surface area contributed by atoms with Crippen LogP contribution >= 0.6 is 11.3 Å². The van der Waals surface area contributed by atoms with E-state index in [2.05, 4.69) is 21.2 Å². The molecule has 10 nitrogen and oxygen atoms in total. The molecule has 1 unspecified atom stereocenters. The first kappa shape index (κ1) is 25.9. The van der Waals surface area contributed by atoms with Gasteiger partial charge in [-0.25, -0.2) is 0 Å². The van der Waals surface area contributed by atoms with Gasteiger partial charge in [0.2, 0.25) is 5.82 Å². The van der Waals surface area contributed by atoms with E-state index in [-0.39, 0.29) is 22.7 Å². The number of aryl methyl sites for hydroxylation is 1. The Balaban J connectivity index is 1.06. The molecule has 0 aromatic carbocycles. The normalized spacial score (nSPS) is 27.5. The number of aromatic nitrogens is 2. The van der Waals surface area contributed by atoms with Crippen molar-refractivity contribution in [1.29, 1.82) is 5.26 Å². The van der Waals surface area contributed by atoms with Gasteiger partial charge in [0.15, 0.2) is 11.6 Å². The van der Waals surface area contributed by atoms with E-state index in [1.807, 2.05) is 4.90 Å². The highest BCUT2D eigenvalue weighted by Gasteiger charge is 2.52. The minimum absolute atomic E-state index is 0.108. The van der Waals surface area contributed by atoms with Crippen molar-refractivity contribution in [3.63, 3.8) is 0 Å². The van der Waals surface area contributed by atoms with Gasteiger partial charge in [-0.1, -0.05) is 0 Å². The number of hydrogen-bond acceptors (Lipinski definition) is 11. The third-order valence-corrected chi connectivity index (χ3v) is 11.3. The lowest BCUT2D eigenvalue weighted by molar-refractivity contribution is 0.0231. The molecular formula is C29H37FN8O2S. The zero-order valence-electron chi connectivity index (χ0n) is 23.3. The molecule has 2 aromatic heterocycles. The van der Waals surface area contributed by atoms with Crippen LogP contribution in [0.2, 0.25) is 0 Å². The summed E-state index contributed by atoms with van der Waals surface area (Å²) in [4.78, 5) is 17.2. The van der Waals surface area contributed by atoms with Crippen molar-refractivity contribution in [3.8, 4) is 12.1 Å². The van der Waals surface area contributed by atoms with Crippen molar-refractivity contribution in [1.82, 2.24) is 20.2 Å². The van der Waals surface area contributed by atoms with Crippen LogP contribution in [0.3, 0.4) is 0 Å². The fourth-order valence-corrected chi connectivity index (χ4v) is 8.95. The maximum atomic E-state index is 16.3. The molecule has 2 bridgehead atoms. The highest BCUT2D eigenvalue weighted by Crippen LogP contribution is 2.53. The molecule has 6 heterocycles. The number of nitrogens with one attached hydrogen (secondary N) is 1. The van der Waals surface area contributed by atoms with Gasteiger partial charge in [0.05, 0.1) is 25.4 Å². The number of nitrogens with two attached hydrogens (primary N) is 1. The summed E-state index contributed by atoms with van der Waals surface area (Å²) >= 11 is 1.53. The molecule has 12 heteroatoms. The Labute approximate surface area is 243 Å². The number of nitrogen functional groups attached to an aromatic ring is 1. The predicted molar refractivity (Wildman–Crippen MR) is 154 cm³/mol. The van der Waals surface area contributed by atoms with Crippen LogP contribution in [0.4, 0.5) is 21.0 Å². The van der Waals surface area contributed by atoms with Gasteiger partial charge in [0, 0.05) is 73.6 Å². The molecule has 0 amide bonds. The molecule has 1 spiro atoms. The van der Waals surface area contributed by atoms with Crippen LogP contribution in [0.1, 0.15) is 48.1 Å². The molecule has 2 atom stereocenters. The molecular weight excluding hydrogens is 543 g/mol. The first-order valence-corrected chi connectivity index (χ1v) is 15.8. The van der Waals surface area contributed by atoms with E-state index in [1.165, 1.54) is 16.2 Å². The number of piperazine rings is 1. The SMILES string of the molecule is N#Cc1c(N)sc2c1C1(CC2)CN(c2nc(OCC3(CN4CCOCC4)CC3)nc(N3CC4CC[C@H](C3)N4)c2F)C1. The maximum Gasteiger partial charge on any atom is 0.320 e. The van der Waals surface area contributed by atoms with Crippen molar-refractivity contribution in [2.24, 2.45) is 5.41 Å². The molecule has 3 N–H and O–H groups in total. The Morgan fingerprint density at radius 3 is 2.49 bits per heavy atom. The average Bonchev–Trinajstić information content (AvgIpc) is 3.32. The molecule has 5 fully saturated rings. The monoisotopic (exact) mass is 580 g/mol. The summed E-state index contributed by atoms with van der Waals surface area (Å²) in [6.45, 7) is 7.70. The average molecular weight is 581 g/mol. The van der Waals surface area contributed by atoms with E-state index >= 15 is 4.39 Å². The van der Waals surface area contributed by atoms with Crippen LogP contribution in [0.5, 0.6) is 6.01 Å². The number of ether oxygens (including phenoxy) is 2. The summed E-state index contributed by atoms with van der Waals surface area (Å²) in [5.74, 6) is 0.299. The van der Waals surface area contributed by atoms with Crippen molar-refractivity contribution >= 4 is 28.0 Å². The first-order valence-electron chi connectivity index (χ1n) is 15.0. The highest BCUT2D eigenvalue weighted by atomic mass is 32.1. The van der Waals surface area contributed by atoms with Gasteiger partial charge in [-0.05, 0) is 44.1 Å². The third-order valence-electron chi connectivity index (χ3n) is 10.2. The van der Waals surface area contributed by atoms with Crippen LogP contribution in [0.25, 0.3) is 0 Å². The number of thiophene rings is 1. The third kappa shape index (κ3) is 4.44. The van der Waals surface area contributed by atoms with Crippen LogP contribution in [-0.2, 0) is 16.6 Å². The number of fused-ring (bicyclic) bond motifs is 4. The molecule has 6 aliphatic rings. The standard InChI is InChI=1S/C29H37FN8O2S/c30-23-25(37-12-18-1-2-19(13-37)33-18)34-27(40-17-28(5-6-28)14-36-7-9-39-10-8-36)35-26(23)38-15-29(16-38)4-3-21-22(29)20(11-31)24(32)41-21/h18-19,33H,1-10,12-17,32H2/t18-,19?/m1/s1. The number of rotatable bonds is 7. The lowest BCUT2D eigenvalue weighted by Crippen LogP contribution is -2.59. The van der Waals surface area contributed by atoms with E-state index < -0.39 is 0 Å². The predicted octanol–water partition coefficient (Wildman–Crippen LogP) is 2.27. The van der Waals surface area contributed by atoms with Crippen LogP contribution in [0.15, 0.2) is 0 Å². The molecule has 2 aromatic rings.